The van der Waals surface area contributed by atoms with Crippen LogP contribution in [0.15, 0.2) is 42.7 Å². The molecule has 2 aromatic heterocycles. The van der Waals surface area contributed by atoms with Gasteiger partial charge in [-0.25, -0.2) is 4.68 Å². The lowest BCUT2D eigenvalue weighted by Crippen LogP contribution is -2.00. The van der Waals surface area contributed by atoms with Crippen LogP contribution in [-0.4, -0.2) is 19.9 Å². The Kier molecular flexibility index (Phi) is 3.00. The summed E-state index contributed by atoms with van der Waals surface area (Å²) in [6.45, 7) is -0.0732. The van der Waals surface area contributed by atoms with Crippen LogP contribution in [0.5, 0.6) is 0 Å². The fraction of sp³-hybridized carbons (Fsp3) is 0.0769. The van der Waals surface area contributed by atoms with Gasteiger partial charge in [0.05, 0.1) is 33.3 Å². The molecule has 0 saturated heterocycles. The molecule has 90 valence electrons. The number of rotatable bonds is 2. The molecule has 0 aliphatic rings. The fourth-order valence-electron chi connectivity index (χ4n) is 1.91. The first-order valence-electron chi connectivity index (χ1n) is 5.48. The first-order valence-corrected chi connectivity index (χ1v) is 6.56. The van der Waals surface area contributed by atoms with Crippen molar-refractivity contribution >= 4 is 33.5 Å². The van der Waals surface area contributed by atoms with Gasteiger partial charge in [-0.1, -0.05) is 18.2 Å². The summed E-state index contributed by atoms with van der Waals surface area (Å²) < 4.78 is 2.88. The highest BCUT2D eigenvalue weighted by molar-refractivity contribution is 14.1. The molecule has 1 aromatic carbocycles. The van der Waals surface area contributed by atoms with Crippen molar-refractivity contribution in [3.63, 3.8) is 0 Å². The Bertz CT molecular complexity index is 708. The molecule has 3 rings (SSSR count). The van der Waals surface area contributed by atoms with Crippen LogP contribution in [0.3, 0.4) is 0 Å². The van der Waals surface area contributed by atoms with Crippen LogP contribution in [0.25, 0.3) is 16.6 Å². The van der Waals surface area contributed by atoms with E-state index in [4.69, 9.17) is 0 Å². The number of para-hydroxylation sites is 1. The largest absolute Gasteiger partial charge is 0.390 e. The minimum Gasteiger partial charge on any atom is -0.390 e. The zero-order chi connectivity index (χ0) is 12.5. The maximum absolute atomic E-state index is 9.28. The second-order valence-corrected chi connectivity index (χ2v) is 5.16. The molecule has 0 aliphatic carbocycles. The Labute approximate surface area is 117 Å². The van der Waals surface area contributed by atoms with Gasteiger partial charge in [-0.15, -0.1) is 0 Å². The van der Waals surface area contributed by atoms with E-state index in [0.29, 0.717) is 5.69 Å². The lowest BCUT2D eigenvalue weighted by atomic mass is 10.1. The van der Waals surface area contributed by atoms with Gasteiger partial charge in [0.2, 0.25) is 0 Å². The van der Waals surface area contributed by atoms with Crippen molar-refractivity contribution in [2.75, 3.05) is 0 Å². The molecule has 18 heavy (non-hydrogen) atoms. The lowest BCUT2D eigenvalue weighted by Gasteiger charge is -2.08. The molecule has 0 saturated carbocycles. The van der Waals surface area contributed by atoms with E-state index in [0.717, 1.165) is 20.2 Å². The number of hydrogen-bond donors (Lipinski definition) is 1. The molecule has 0 atom stereocenters. The fourth-order valence-corrected chi connectivity index (χ4v) is 2.30. The number of halogens is 1. The van der Waals surface area contributed by atoms with Crippen molar-refractivity contribution in [2.24, 2.45) is 0 Å². The smallest absolute Gasteiger partial charge is 0.0854 e. The molecular formula is C13H10IN3O. The van der Waals surface area contributed by atoms with Gasteiger partial charge in [0.25, 0.3) is 0 Å². The third-order valence-corrected chi connectivity index (χ3v) is 3.26. The van der Waals surface area contributed by atoms with Crippen molar-refractivity contribution in [2.45, 2.75) is 6.61 Å². The Balaban J connectivity index is 2.32. The second kappa shape index (κ2) is 4.66. The predicted octanol–water partition coefficient (Wildman–Crippen LogP) is 2.52. The van der Waals surface area contributed by atoms with Crippen molar-refractivity contribution < 1.29 is 5.11 Å². The Morgan fingerprint density at radius 2 is 2.11 bits per heavy atom. The SMILES string of the molecule is OCc1cc(-n2cc(I)cn2)c2ccccc2n1. The van der Waals surface area contributed by atoms with E-state index in [1.807, 2.05) is 41.2 Å². The molecule has 4 nitrogen and oxygen atoms in total. The summed E-state index contributed by atoms with van der Waals surface area (Å²) in [5.41, 5.74) is 2.45. The van der Waals surface area contributed by atoms with Gasteiger partial charge < -0.3 is 5.11 Å². The van der Waals surface area contributed by atoms with Crippen molar-refractivity contribution in [3.05, 3.63) is 52.0 Å². The molecule has 0 amide bonds. The summed E-state index contributed by atoms with van der Waals surface area (Å²) in [5.74, 6) is 0. The van der Waals surface area contributed by atoms with Crippen LogP contribution in [0.1, 0.15) is 5.69 Å². The van der Waals surface area contributed by atoms with Crippen LogP contribution in [-0.2, 0) is 6.61 Å². The minimum atomic E-state index is -0.0732. The highest BCUT2D eigenvalue weighted by atomic mass is 127. The normalized spacial score (nSPS) is 11.0. The van der Waals surface area contributed by atoms with E-state index in [1.165, 1.54) is 0 Å². The number of hydrogen-bond acceptors (Lipinski definition) is 3. The summed E-state index contributed by atoms with van der Waals surface area (Å²) in [6, 6.07) is 9.72. The molecule has 0 unspecified atom stereocenters. The van der Waals surface area contributed by atoms with Gasteiger partial charge >= 0.3 is 0 Å². The molecular weight excluding hydrogens is 341 g/mol. The van der Waals surface area contributed by atoms with E-state index in [2.05, 4.69) is 32.7 Å². The maximum Gasteiger partial charge on any atom is 0.0854 e. The Morgan fingerprint density at radius 3 is 2.83 bits per heavy atom. The Morgan fingerprint density at radius 1 is 1.28 bits per heavy atom. The number of benzene rings is 1. The third-order valence-electron chi connectivity index (χ3n) is 2.71. The van der Waals surface area contributed by atoms with Crippen LogP contribution in [0.4, 0.5) is 0 Å². The van der Waals surface area contributed by atoms with Gasteiger partial charge in [-0.05, 0) is 34.7 Å². The molecule has 0 bridgehead atoms. The average molecular weight is 351 g/mol. The van der Waals surface area contributed by atoms with E-state index in [1.54, 1.807) is 6.20 Å². The molecule has 2 heterocycles. The molecule has 0 fully saturated rings. The first kappa shape index (κ1) is 11.6. The average Bonchev–Trinajstić information content (AvgIpc) is 2.84. The monoisotopic (exact) mass is 351 g/mol. The number of aliphatic hydroxyl groups is 1. The summed E-state index contributed by atoms with van der Waals surface area (Å²) in [7, 11) is 0. The number of aliphatic hydroxyl groups excluding tert-OH is 1. The van der Waals surface area contributed by atoms with Gasteiger partial charge in [-0.2, -0.15) is 5.10 Å². The van der Waals surface area contributed by atoms with Crippen molar-refractivity contribution in [3.8, 4) is 5.69 Å². The summed E-state index contributed by atoms with van der Waals surface area (Å²) >= 11 is 2.22. The van der Waals surface area contributed by atoms with Gasteiger partial charge in [0.1, 0.15) is 0 Å². The molecule has 1 N–H and O–H groups in total. The molecule has 0 aliphatic heterocycles. The molecule has 0 radical (unpaired) electrons. The van der Waals surface area contributed by atoms with Crippen molar-refractivity contribution in [1.29, 1.82) is 0 Å². The summed E-state index contributed by atoms with van der Waals surface area (Å²) in [5, 5.41) is 14.6. The van der Waals surface area contributed by atoms with Gasteiger partial charge in [-0.3, -0.25) is 4.98 Å². The first-order chi connectivity index (χ1) is 8.78. The van der Waals surface area contributed by atoms with Crippen LogP contribution in [0.2, 0.25) is 0 Å². The van der Waals surface area contributed by atoms with Crippen molar-refractivity contribution in [1.82, 2.24) is 14.8 Å². The van der Waals surface area contributed by atoms with E-state index in [-0.39, 0.29) is 6.61 Å². The van der Waals surface area contributed by atoms with Crippen LogP contribution in [0, 0.1) is 3.57 Å². The van der Waals surface area contributed by atoms with E-state index < -0.39 is 0 Å². The number of aromatic nitrogens is 3. The van der Waals surface area contributed by atoms with Gasteiger partial charge in [0, 0.05) is 11.6 Å². The quantitative estimate of drug-likeness (QED) is 0.722. The van der Waals surface area contributed by atoms with E-state index >= 15 is 0 Å². The third kappa shape index (κ3) is 1.99. The second-order valence-electron chi connectivity index (χ2n) is 3.91. The Hall–Kier alpha value is -1.47. The van der Waals surface area contributed by atoms with Gasteiger partial charge in [0.15, 0.2) is 0 Å². The molecule has 3 aromatic rings. The number of nitrogens with zero attached hydrogens (tertiary/aromatic N) is 3. The van der Waals surface area contributed by atoms with Crippen LogP contribution >= 0.6 is 22.6 Å². The number of pyridine rings is 1. The predicted molar refractivity (Wildman–Crippen MR) is 77.5 cm³/mol. The van der Waals surface area contributed by atoms with Crippen LogP contribution < -0.4 is 0 Å². The molecule has 5 heteroatoms. The highest BCUT2D eigenvalue weighted by Gasteiger charge is 2.07. The minimum absolute atomic E-state index is 0.0732. The summed E-state index contributed by atoms with van der Waals surface area (Å²) in [6.07, 6.45) is 3.75. The number of fused-ring (bicyclic) bond motifs is 1. The maximum atomic E-state index is 9.28. The zero-order valence-corrected chi connectivity index (χ0v) is 11.6. The standard InChI is InChI=1S/C13H10IN3O/c14-9-6-15-17(7-9)13-5-10(8-18)16-12-4-2-1-3-11(12)13/h1-7,18H,8H2. The topological polar surface area (TPSA) is 50.9 Å². The molecule has 0 spiro atoms. The summed E-state index contributed by atoms with van der Waals surface area (Å²) in [4.78, 5) is 4.39. The zero-order valence-electron chi connectivity index (χ0n) is 9.42. The highest BCUT2D eigenvalue weighted by Crippen LogP contribution is 2.22. The lowest BCUT2D eigenvalue weighted by molar-refractivity contribution is 0.277. The van der Waals surface area contributed by atoms with E-state index in [9.17, 15) is 5.11 Å².